The molecule has 0 aromatic carbocycles. The Morgan fingerprint density at radius 3 is 1.08 bits per heavy atom. The van der Waals surface area contributed by atoms with Crippen LogP contribution < -0.4 is 0 Å². The summed E-state index contributed by atoms with van der Waals surface area (Å²) in [5.41, 5.74) is -0.453. The van der Waals surface area contributed by atoms with Crippen LogP contribution in [0.3, 0.4) is 0 Å². The molecule has 0 saturated carbocycles. The summed E-state index contributed by atoms with van der Waals surface area (Å²) in [4.78, 5) is 11.4. The summed E-state index contributed by atoms with van der Waals surface area (Å²) in [5, 5.41) is 9.43. The van der Waals surface area contributed by atoms with E-state index in [4.69, 9.17) is 0 Å². The van der Waals surface area contributed by atoms with Crippen molar-refractivity contribution in [1.82, 2.24) is 0 Å². The molecule has 0 aromatic rings. The lowest BCUT2D eigenvalue weighted by Crippen LogP contribution is -2.74. The van der Waals surface area contributed by atoms with Crippen molar-refractivity contribution in [2.24, 2.45) is 0 Å². The van der Waals surface area contributed by atoms with E-state index in [1.165, 1.54) is 0 Å². The van der Waals surface area contributed by atoms with Crippen molar-refractivity contribution in [3.8, 4) is 0 Å². The third-order valence-electron chi connectivity index (χ3n) is 3.43. The van der Waals surface area contributed by atoms with Gasteiger partial charge in [-0.25, -0.2) is 0 Å². The summed E-state index contributed by atoms with van der Waals surface area (Å²) < 4.78 is 0. The maximum absolute atomic E-state index is 11.4. The standard InChI is InChI=1S/C8H22O2Si3/c1-11(2,3)13(7,8(9)10)12(4,5)6/h1-7H3,(H,9,10). The first-order valence-electron chi connectivity index (χ1n) is 4.68. The summed E-state index contributed by atoms with van der Waals surface area (Å²) in [7, 11) is -5.05. The van der Waals surface area contributed by atoms with Crippen LogP contribution in [-0.4, -0.2) is 33.0 Å². The van der Waals surface area contributed by atoms with Crippen LogP contribution in [0.2, 0.25) is 45.8 Å². The monoisotopic (exact) mass is 234 g/mol. The van der Waals surface area contributed by atoms with E-state index in [0.29, 0.717) is 0 Å². The third-order valence-corrected chi connectivity index (χ3v) is 43.1. The first-order chi connectivity index (χ1) is 5.44. The van der Waals surface area contributed by atoms with Crippen LogP contribution in [0.5, 0.6) is 0 Å². The Labute approximate surface area is 84.0 Å². The topological polar surface area (TPSA) is 37.3 Å². The lowest BCUT2D eigenvalue weighted by atomic mass is 11.6. The highest BCUT2D eigenvalue weighted by atomic mass is 29.6. The van der Waals surface area contributed by atoms with Crippen molar-refractivity contribution < 1.29 is 9.90 Å². The second-order valence-corrected chi connectivity index (χ2v) is 34.1. The minimum Gasteiger partial charge on any atom is -0.486 e. The first kappa shape index (κ1) is 13.1. The Kier molecular flexibility index (Phi) is 3.39. The van der Waals surface area contributed by atoms with Gasteiger partial charge >= 0.3 is 0 Å². The zero-order valence-corrected chi connectivity index (χ0v) is 12.9. The maximum Gasteiger partial charge on any atom is 0.263 e. The summed E-state index contributed by atoms with van der Waals surface area (Å²) in [6.45, 7) is 15.4. The molecule has 5 heteroatoms. The molecule has 0 spiro atoms. The van der Waals surface area contributed by atoms with Crippen molar-refractivity contribution in [3.63, 3.8) is 0 Å². The molecule has 0 aliphatic heterocycles. The van der Waals surface area contributed by atoms with Crippen molar-refractivity contribution in [2.45, 2.75) is 45.8 Å². The van der Waals surface area contributed by atoms with Crippen LogP contribution >= 0.6 is 0 Å². The molecule has 78 valence electrons. The van der Waals surface area contributed by atoms with Crippen LogP contribution in [-0.2, 0) is 0 Å². The van der Waals surface area contributed by atoms with E-state index in [1.54, 1.807) is 0 Å². The molecule has 1 N–H and O–H groups in total. The van der Waals surface area contributed by atoms with Crippen LogP contribution in [0.15, 0.2) is 0 Å². The average Bonchev–Trinajstić information content (AvgIpc) is 1.80. The summed E-state index contributed by atoms with van der Waals surface area (Å²) in [6, 6.07) is 0. The Bertz CT molecular complexity index is 198. The quantitative estimate of drug-likeness (QED) is 0.762. The van der Waals surface area contributed by atoms with E-state index < -0.39 is 27.9 Å². The summed E-state index contributed by atoms with van der Waals surface area (Å²) >= 11 is 0. The van der Waals surface area contributed by atoms with E-state index in [9.17, 15) is 9.90 Å². The van der Waals surface area contributed by atoms with Crippen LogP contribution in [0.4, 0.5) is 4.79 Å². The second-order valence-electron chi connectivity index (χ2n) is 5.93. The lowest BCUT2D eigenvalue weighted by molar-refractivity contribution is 0.219. The van der Waals surface area contributed by atoms with Gasteiger partial charge in [-0.3, -0.25) is 4.79 Å². The van der Waals surface area contributed by atoms with Gasteiger partial charge in [-0.2, -0.15) is 0 Å². The molecule has 0 fully saturated rings. The summed E-state index contributed by atoms with van der Waals surface area (Å²) in [5.74, 6) is 0. The number of hydrogen-bond acceptors (Lipinski definition) is 1. The van der Waals surface area contributed by atoms with E-state index >= 15 is 0 Å². The fraction of sp³-hybridized carbons (Fsp3) is 0.875. The number of rotatable bonds is 3. The van der Waals surface area contributed by atoms with Gasteiger partial charge in [0.1, 0.15) is 0 Å². The number of carboxylic acid groups (broad SMARTS) is 1. The predicted molar refractivity (Wildman–Crippen MR) is 66.3 cm³/mol. The van der Waals surface area contributed by atoms with Crippen LogP contribution in [0.1, 0.15) is 0 Å². The van der Waals surface area contributed by atoms with E-state index in [1.807, 2.05) is 0 Å². The first-order valence-corrected chi connectivity index (χ1v) is 16.2. The fourth-order valence-electron chi connectivity index (χ4n) is 1.77. The second kappa shape index (κ2) is 3.36. The predicted octanol–water partition coefficient (Wildman–Crippen LogP) is 3.16. The molecule has 0 aliphatic rings. The molecule has 0 amide bonds. The summed E-state index contributed by atoms with van der Waals surface area (Å²) in [6.07, 6.45) is 0. The van der Waals surface area contributed by atoms with Crippen LogP contribution in [0.25, 0.3) is 0 Å². The molecule has 0 saturated heterocycles. The van der Waals surface area contributed by atoms with Crippen molar-refractivity contribution in [1.29, 1.82) is 0 Å². The number of hydrogen-bond donors (Lipinski definition) is 1. The minimum atomic E-state index is -2.04. The molecule has 0 aliphatic carbocycles. The smallest absolute Gasteiger partial charge is 0.263 e. The Morgan fingerprint density at radius 2 is 1.08 bits per heavy atom. The molecular formula is C8H22O2Si3. The van der Waals surface area contributed by atoms with Crippen molar-refractivity contribution in [3.05, 3.63) is 0 Å². The molecule has 0 radical (unpaired) electrons. The zero-order valence-electron chi connectivity index (χ0n) is 9.86. The third kappa shape index (κ3) is 2.13. The van der Waals surface area contributed by atoms with Crippen molar-refractivity contribution >= 4 is 27.9 Å². The van der Waals surface area contributed by atoms with E-state index in [-0.39, 0.29) is 0 Å². The molecule has 0 unspecified atom stereocenters. The molecule has 0 bridgehead atoms. The Balaban J connectivity index is 5.35. The molecule has 13 heavy (non-hydrogen) atoms. The number of carbonyl (C=O) groups is 1. The fourth-order valence-corrected chi connectivity index (χ4v) is 36.1. The molecule has 0 rings (SSSR count). The van der Waals surface area contributed by atoms with Gasteiger partial charge in [-0.05, 0) is 0 Å². The molecular weight excluding hydrogens is 212 g/mol. The Morgan fingerprint density at radius 1 is 0.846 bits per heavy atom. The Hall–Kier alpha value is 0.121. The SMILES string of the molecule is C[Si](C)(C)[Si](C)(C(=O)O)[Si](C)(C)C. The van der Waals surface area contributed by atoms with Crippen LogP contribution in [0, 0.1) is 0 Å². The minimum absolute atomic E-state index is 0.453. The van der Waals surface area contributed by atoms with E-state index in [0.717, 1.165) is 0 Å². The van der Waals surface area contributed by atoms with Gasteiger partial charge in [-0.1, -0.05) is 45.8 Å². The highest BCUT2D eigenvalue weighted by Crippen LogP contribution is 2.29. The molecule has 0 heterocycles. The van der Waals surface area contributed by atoms with Gasteiger partial charge in [-0.15, -0.1) is 0 Å². The van der Waals surface area contributed by atoms with Gasteiger partial charge in [0.15, 0.2) is 7.11 Å². The van der Waals surface area contributed by atoms with Gasteiger partial charge in [0.25, 0.3) is 5.59 Å². The largest absolute Gasteiger partial charge is 0.486 e. The normalized spacial score (nSPS) is 14.4. The van der Waals surface area contributed by atoms with E-state index in [2.05, 4.69) is 45.8 Å². The van der Waals surface area contributed by atoms with Gasteiger partial charge in [0, 0.05) is 15.2 Å². The average molecular weight is 235 g/mol. The molecule has 0 atom stereocenters. The maximum atomic E-state index is 11.4. The molecule has 2 nitrogen and oxygen atoms in total. The zero-order chi connectivity index (χ0) is 11.1. The lowest BCUT2D eigenvalue weighted by Gasteiger charge is -2.43. The molecule has 0 aromatic heterocycles. The highest BCUT2D eigenvalue weighted by Gasteiger charge is 2.57. The van der Waals surface area contributed by atoms with Gasteiger partial charge in [0.05, 0.1) is 0 Å². The van der Waals surface area contributed by atoms with Gasteiger partial charge < -0.3 is 5.11 Å². The van der Waals surface area contributed by atoms with Gasteiger partial charge in [0.2, 0.25) is 0 Å². The van der Waals surface area contributed by atoms with Crippen molar-refractivity contribution in [2.75, 3.05) is 0 Å². The highest BCUT2D eigenvalue weighted by molar-refractivity contribution is 7.76.